The van der Waals surface area contributed by atoms with Gasteiger partial charge in [-0.3, -0.25) is 4.57 Å². The molecule has 1 aromatic heterocycles. The molecular formula is C18H14F4N2. The molecule has 0 amide bonds. The Morgan fingerprint density at radius 2 is 1.75 bits per heavy atom. The predicted octanol–water partition coefficient (Wildman–Crippen LogP) is 5.09. The smallest absolute Gasteiger partial charge is 0.299 e. The van der Waals surface area contributed by atoms with Gasteiger partial charge in [-0.05, 0) is 36.8 Å². The Bertz CT molecular complexity index is 848. The highest BCUT2D eigenvalue weighted by Crippen LogP contribution is 2.27. The summed E-state index contributed by atoms with van der Waals surface area (Å²) in [5.74, 6) is -0.379. The number of nitrogens with zero attached hydrogens (tertiary/aromatic N) is 2. The van der Waals surface area contributed by atoms with Crippen molar-refractivity contribution in [2.24, 2.45) is 0 Å². The molecular weight excluding hydrogens is 320 g/mol. The number of imidazole rings is 1. The van der Waals surface area contributed by atoms with Crippen LogP contribution in [0.15, 0.2) is 55.0 Å². The quantitative estimate of drug-likeness (QED) is 0.610. The maximum Gasteiger partial charge on any atom is 0.393 e. The van der Waals surface area contributed by atoms with E-state index < -0.39 is 12.6 Å². The number of benzene rings is 2. The van der Waals surface area contributed by atoms with Crippen LogP contribution in [0.5, 0.6) is 0 Å². The van der Waals surface area contributed by atoms with Crippen LogP contribution >= 0.6 is 0 Å². The van der Waals surface area contributed by atoms with E-state index in [0.717, 1.165) is 5.56 Å². The molecule has 0 aliphatic heterocycles. The Kier molecular flexibility index (Phi) is 4.13. The maximum atomic E-state index is 14.1. The molecule has 0 saturated heterocycles. The first-order chi connectivity index (χ1) is 11.3. The second kappa shape index (κ2) is 6.11. The highest BCUT2D eigenvalue weighted by atomic mass is 19.4. The predicted molar refractivity (Wildman–Crippen MR) is 83.5 cm³/mol. The molecule has 0 saturated carbocycles. The average Bonchev–Trinajstić information content (AvgIpc) is 2.98. The number of halogens is 4. The van der Waals surface area contributed by atoms with E-state index in [4.69, 9.17) is 0 Å². The van der Waals surface area contributed by atoms with E-state index in [1.165, 1.54) is 30.7 Å². The summed E-state index contributed by atoms with van der Waals surface area (Å²) in [6, 6.07) is 10.7. The van der Waals surface area contributed by atoms with Gasteiger partial charge in [-0.1, -0.05) is 23.8 Å². The van der Waals surface area contributed by atoms with E-state index >= 15 is 0 Å². The van der Waals surface area contributed by atoms with E-state index in [0.29, 0.717) is 16.9 Å². The molecule has 24 heavy (non-hydrogen) atoms. The molecule has 0 atom stereocenters. The van der Waals surface area contributed by atoms with Gasteiger partial charge in [0.1, 0.15) is 5.82 Å². The van der Waals surface area contributed by atoms with Crippen LogP contribution in [0.1, 0.15) is 11.1 Å². The van der Waals surface area contributed by atoms with E-state index in [-0.39, 0.29) is 11.4 Å². The number of aromatic nitrogens is 2. The Hall–Kier alpha value is -2.63. The minimum absolute atomic E-state index is 0.176. The summed E-state index contributed by atoms with van der Waals surface area (Å²) in [7, 11) is 0. The third-order valence-corrected chi connectivity index (χ3v) is 3.66. The zero-order valence-electron chi connectivity index (χ0n) is 12.8. The molecule has 3 rings (SSSR count). The molecule has 6 heteroatoms. The fraction of sp³-hybridized carbons (Fsp3) is 0.167. The summed E-state index contributed by atoms with van der Waals surface area (Å²) < 4.78 is 53.0. The first-order valence-corrected chi connectivity index (χ1v) is 7.28. The van der Waals surface area contributed by atoms with Gasteiger partial charge in [-0.25, -0.2) is 9.37 Å². The lowest BCUT2D eigenvalue weighted by atomic mass is 10.1. The molecule has 124 valence electrons. The third kappa shape index (κ3) is 3.48. The Morgan fingerprint density at radius 3 is 2.42 bits per heavy atom. The van der Waals surface area contributed by atoms with Gasteiger partial charge in [0.05, 0.1) is 24.6 Å². The van der Waals surface area contributed by atoms with Crippen LogP contribution in [0.4, 0.5) is 17.6 Å². The van der Waals surface area contributed by atoms with Gasteiger partial charge in [-0.2, -0.15) is 13.2 Å². The van der Waals surface area contributed by atoms with Crippen molar-refractivity contribution in [3.8, 4) is 16.9 Å². The molecule has 0 bridgehead atoms. The standard InChI is InChI=1S/C18H14F4N2/c1-12-2-7-16(19)15(8-12)17-10-23-11-24(17)14-5-3-13(4-6-14)9-18(20,21)22/h2-8,10-11H,9H2,1H3. The highest BCUT2D eigenvalue weighted by molar-refractivity contribution is 5.63. The molecule has 0 aliphatic carbocycles. The summed E-state index contributed by atoms with van der Waals surface area (Å²) in [6.07, 6.45) is -2.18. The van der Waals surface area contributed by atoms with Crippen molar-refractivity contribution < 1.29 is 17.6 Å². The first-order valence-electron chi connectivity index (χ1n) is 7.28. The molecule has 0 aliphatic rings. The molecule has 2 aromatic carbocycles. The summed E-state index contributed by atoms with van der Waals surface area (Å²) in [4.78, 5) is 4.04. The normalized spacial score (nSPS) is 11.7. The second-order valence-electron chi connectivity index (χ2n) is 5.59. The topological polar surface area (TPSA) is 17.8 Å². The van der Waals surface area contributed by atoms with Crippen molar-refractivity contribution in [1.82, 2.24) is 9.55 Å². The fourth-order valence-corrected chi connectivity index (χ4v) is 2.54. The van der Waals surface area contributed by atoms with E-state index in [2.05, 4.69) is 4.98 Å². The van der Waals surface area contributed by atoms with Crippen LogP contribution in [0.2, 0.25) is 0 Å². The number of rotatable bonds is 3. The Labute approximate surface area is 136 Å². The number of hydrogen-bond acceptors (Lipinski definition) is 1. The van der Waals surface area contributed by atoms with Gasteiger partial charge in [0.25, 0.3) is 0 Å². The van der Waals surface area contributed by atoms with Crippen LogP contribution in [-0.2, 0) is 6.42 Å². The zero-order chi connectivity index (χ0) is 17.3. The molecule has 0 N–H and O–H groups in total. The van der Waals surface area contributed by atoms with Gasteiger partial charge in [-0.15, -0.1) is 0 Å². The lowest BCUT2D eigenvalue weighted by Gasteiger charge is -2.11. The monoisotopic (exact) mass is 334 g/mol. The lowest BCUT2D eigenvalue weighted by molar-refractivity contribution is -0.127. The van der Waals surface area contributed by atoms with Crippen LogP contribution in [-0.4, -0.2) is 15.7 Å². The van der Waals surface area contributed by atoms with Gasteiger partial charge in [0, 0.05) is 11.3 Å². The SMILES string of the molecule is Cc1ccc(F)c(-c2cncn2-c2ccc(CC(F)(F)F)cc2)c1. The maximum absolute atomic E-state index is 14.1. The van der Waals surface area contributed by atoms with Crippen LogP contribution in [0, 0.1) is 12.7 Å². The minimum Gasteiger partial charge on any atom is -0.299 e. The number of alkyl halides is 3. The van der Waals surface area contributed by atoms with E-state index in [1.54, 1.807) is 28.8 Å². The Morgan fingerprint density at radius 1 is 1.04 bits per heavy atom. The van der Waals surface area contributed by atoms with Crippen molar-refractivity contribution in [3.63, 3.8) is 0 Å². The first kappa shape index (κ1) is 16.2. The third-order valence-electron chi connectivity index (χ3n) is 3.66. The van der Waals surface area contributed by atoms with Crippen molar-refractivity contribution >= 4 is 0 Å². The van der Waals surface area contributed by atoms with Crippen molar-refractivity contribution in [3.05, 3.63) is 71.9 Å². The van der Waals surface area contributed by atoms with E-state index in [1.807, 2.05) is 6.92 Å². The molecule has 0 radical (unpaired) electrons. The summed E-state index contributed by atoms with van der Waals surface area (Å²) in [6.45, 7) is 1.86. The summed E-state index contributed by atoms with van der Waals surface area (Å²) in [5, 5.41) is 0. The number of hydrogen-bond donors (Lipinski definition) is 0. The van der Waals surface area contributed by atoms with Gasteiger partial charge in [0.15, 0.2) is 0 Å². The second-order valence-corrected chi connectivity index (χ2v) is 5.59. The lowest BCUT2D eigenvalue weighted by Crippen LogP contribution is -2.11. The van der Waals surface area contributed by atoms with Gasteiger partial charge in [0.2, 0.25) is 0 Å². The van der Waals surface area contributed by atoms with Gasteiger partial charge >= 0.3 is 6.18 Å². The van der Waals surface area contributed by atoms with Crippen LogP contribution < -0.4 is 0 Å². The molecule has 0 spiro atoms. The average molecular weight is 334 g/mol. The zero-order valence-corrected chi connectivity index (χ0v) is 12.8. The highest BCUT2D eigenvalue weighted by Gasteiger charge is 2.27. The molecule has 2 nitrogen and oxygen atoms in total. The number of aryl methyl sites for hydroxylation is 1. The molecule has 0 unspecified atom stereocenters. The van der Waals surface area contributed by atoms with Gasteiger partial charge < -0.3 is 0 Å². The van der Waals surface area contributed by atoms with E-state index in [9.17, 15) is 17.6 Å². The van der Waals surface area contributed by atoms with Crippen molar-refractivity contribution in [2.75, 3.05) is 0 Å². The molecule has 1 heterocycles. The van der Waals surface area contributed by atoms with Crippen LogP contribution in [0.25, 0.3) is 16.9 Å². The van der Waals surface area contributed by atoms with Crippen molar-refractivity contribution in [2.45, 2.75) is 19.5 Å². The molecule has 3 aromatic rings. The van der Waals surface area contributed by atoms with Crippen molar-refractivity contribution in [1.29, 1.82) is 0 Å². The fourth-order valence-electron chi connectivity index (χ4n) is 2.54. The summed E-state index contributed by atoms with van der Waals surface area (Å²) >= 11 is 0. The largest absolute Gasteiger partial charge is 0.393 e. The minimum atomic E-state index is -4.24. The summed E-state index contributed by atoms with van der Waals surface area (Å²) in [5.41, 5.74) is 2.63. The van der Waals surface area contributed by atoms with Crippen LogP contribution in [0.3, 0.4) is 0 Å². The molecule has 0 fully saturated rings. The Balaban J connectivity index is 1.97.